The number of carbonyl (C=O) groups excluding carboxylic acids is 1. The highest BCUT2D eigenvalue weighted by molar-refractivity contribution is 7.89. The summed E-state index contributed by atoms with van der Waals surface area (Å²) in [6.07, 6.45) is 3.58. The first-order valence-electron chi connectivity index (χ1n) is 15.8. The third kappa shape index (κ3) is 6.11. The predicted octanol–water partition coefficient (Wildman–Crippen LogP) is 3.29. The Balaban J connectivity index is 1.36. The predicted molar refractivity (Wildman–Crippen MR) is 187 cm³/mol. The van der Waals surface area contributed by atoms with Crippen LogP contribution in [0.1, 0.15) is 24.1 Å². The van der Waals surface area contributed by atoms with E-state index in [0.717, 1.165) is 5.69 Å². The Morgan fingerprint density at radius 1 is 0.980 bits per heavy atom. The summed E-state index contributed by atoms with van der Waals surface area (Å²) in [6.45, 7) is 3.03. The van der Waals surface area contributed by atoms with E-state index in [0.29, 0.717) is 69.5 Å². The van der Waals surface area contributed by atoms with E-state index in [4.69, 9.17) is 19.3 Å². The van der Waals surface area contributed by atoms with Gasteiger partial charge in [-0.25, -0.2) is 22.9 Å². The van der Waals surface area contributed by atoms with Crippen LogP contribution in [0.5, 0.6) is 5.75 Å². The molecule has 1 atom stereocenters. The second-order valence-corrected chi connectivity index (χ2v) is 14.5. The molecule has 2 aliphatic heterocycles. The molecule has 0 aliphatic carbocycles. The van der Waals surface area contributed by atoms with Crippen molar-refractivity contribution in [3.63, 3.8) is 0 Å². The van der Waals surface area contributed by atoms with Crippen LogP contribution in [0.15, 0.2) is 111 Å². The standard InChI is InChI=1S/C36H33N5O7S2/c1-23-31(35(43)47-3)33(25-9-13-28(46-2)14-10-25)41-34(42)30(49-36(41)37-23)21-26-22-40(27-7-5-4-6-8-27)38-32(26)24-11-15-29(16-12-24)50(44,45)39-17-19-48-20-18-39/h4-16,21-22,33H,17-20H2,1-3H3/b30-21-. The van der Waals surface area contributed by atoms with E-state index < -0.39 is 22.0 Å². The Hall–Kier alpha value is -5.15. The Morgan fingerprint density at radius 3 is 2.34 bits per heavy atom. The molecule has 0 amide bonds. The van der Waals surface area contributed by atoms with Gasteiger partial charge >= 0.3 is 5.97 Å². The van der Waals surface area contributed by atoms with Crippen molar-refractivity contribution in [2.75, 3.05) is 40.5 Å². The lowest BCUT2D eigenvalue weighted by Crippen LogP contribution is -2.40. The SMILES string of the molecule is COC(=O)C1=C(C)N=c2s/c(=C\c3cn(-c4ccccc4)nc3-c3ccc(S(=O)(=O)N4CCOCC4)cc3)c(=O)n2C1c1ccc(OC)cc1. The van der Waals surface area contributed by atoms with Crippen LogP contribution in [0.3, 0.4) is 0 Å². The monoisotopic (exact) mass is 711 g/mol. The summed E-state index contributed by atoms with van der Waals surface area (Å²) in [6, 6.07) is 22.5. The van der Waals surface area contributed by atoms with Crippen LogP contribution in [0.2, 0.25) is 0 Å². The van der Waals surface area contributed by atoms with Gasteiger partial charge in [-0.05, 0) is 55.0 Å². The highest BCUT2D eigenvalue weighted by Gasteiger charge is 2.33. The molecule has 3 aromatic carbocycles. The maximum Gasteiger partial charge on any atom is 0.338 e. The maximum absolute atomic E-state index is 14.3. The molecule has 1 unspecified atom stereocenters. The van der Waals surface area contributed by atoms with Gasteiger partial charge in [-0.3, -0.25) is 9.36 Å². The van der Waals surface area contributed by atoms with Crippen molar-refractivity contribution in [2.24, 2.45) is 4.99 Å². The number of nitrogens with zero attached hydrogens (tertiary/aromatic N) is 5. The fourth-order valence-electron chi connectivity index (χ4n) is 6.09. The summed E-state index contributed by atoms with van der Waals surface area (Å²) < 4.78 is 47.4. The van der Waals surface area contributed by atoms with Gasteiger partial charge in [0.15, 0.2) is 4.80 Å². The minimum Gasteiger partial charge on any atom is -0.497 e. The molecule has 0 radical (unpaired) electrons. The number of para-hydroxylation sites is 1. The van der Waals surface area contributed by atoms with Gasteiger partial charge in [-0.2, -0.15) is 9.40 Å². The molecule has 0 bridgehead atoms. The molecule has 50 heavy (non-hydrogen) atoms. The first-order chi connectivity index (χ1) is 24.2. The first kappa shape index (κ1) is 33.4. The lowest BCUT2D eigenvalue weighted by molar-refractivity contribution is -0.136. The molecule has 5 aromatic rings. The molecular formula is C36H33N5O7S2. The van der Waals surface area contributed by atoms with E-state index in [-0.39, 0.29) is 16.0 Å². The van der Waals surface area contributed by atoms with Crippen molar-refractivity contribution in [1.29, 1.82) is 0 Å². The molecule has 4 heterocycles. The van der Waals surface area contributed by atoms with Crippen molar-refractivity contribution in [1.82, 2.24) is 18.7 Å². The van der Waals surface area contributed by atoms with E-state index in [9.17, 15) is 18.0 Å². The zero-order valence-electron chi connectivity index (χ0n) is 27.5. The zero-order chi connectivity index (χ0) is 35.0. The number of sulfonamides is 1. The second kappa shape index (κ2) is 13.6. The Kier molecular flexibility index (Phi) is 9.09. The maximum atomic E-state index is 14.3. The molecule has 14 heteroatoms. The third-order valence-corrected chi connectivity index (χ3v) is 11.5. The minimum absolute atomic E-state index is 0.177. The number of rotatable bonds is 8. The molecule has 7 rings (SSSR count). The van der Waals surface area contributed by atoms with Crippen LogP contribution in [-0.4, -0.2) is 73.6 Å². The summed E-state index contributed by atoms with van der Waals surface area (Å²) in [4.78, 5) is 32.6. The summed E-state index contributed by atoms with van der Waals surface area (Å²) in [7, 11) is -0.823. The Morgan fingerprint density at radius 2 is 1.68 bits per heavy atom. The molecule has 0 spiro atoms. The smallest absolute Gasteiger partial charge is 0.338 e. The molecule has 12 nitrogen and oxygen atoms in total. The largest absolute Gasteiger partial charge is 0.497 e. The van der Waals surface area contributed by atoms with E-state index in [2.05, 4.69) is 4.99 Å². The van der Waals surface area contributed by atoms with Crippen molar-refractivity contribution in [2.45, 2.75) is 17.9 Å². The van der Waals surface area contributed by atoms with Crippen LogP contribution in [0.4, 0.5) is 0 Å². The summed E-state index contributed by atoms with van der Waals surface area (Å²) >= 11 is 1.20. The number of hydrogen-bond acceptors (Lipinski definition) is 10. The number of ether oxygens (including phenoxy) is 3. The van der Waals surface area contributed by atoms with Crippen molar-refractivity contribution in [3.8, 4) is 22.7 Å². The van der Waals surface area contributed by atoms with E-state index in [1.807, 2.05) is 48.7 Å². The molecule has 2 aliphatic rings. The van der Waals surface area contributed by atoms with Gasteiger partial charge in [0.25, 0.3) is 5.56 Å². The molecular weight excluding hydrogens is 679 g/mol. The topological polar surface area (TPSA) is 134 Å². The van der Waals surface area contributed by atoms with Crippen LogP contribution in [0, 0.1) is 0 Å². The lowest BCUT2D eigenvalue weighted by atomic mass is 9.96. The number of morpholine rings is 1. The van der Waals surface area contributed by atoms with E-state index in [1.54, 1.807) is 61.2 Å². The van der Waals surface area contributed by atoms with Crippen molar-refractivity contribution in [3.05, 3.63) is 127 Å². The second-order valence-electron chi connectivity index (χ2n) is 11.6. The zero-order valence-corrected chi connectivity index (χ0v) is 29.1. The van der Waals surface area contributed by atoms with Gasteiger partial charge in [0, 0.05) is 30.4 Å². The highest BCUT2D eigenvalue weighted by Crippen LogP contribution is 2.32. The van der Waals surface area contributed by atoms with Gasteiger partial charge in [0.05, 0.1) is 65.6 Å². The van der Waals surface area contributed by atoms with Gasteiger partial charge in [0.1, 0.15) is 5.75 Å². The minimum atomic E-state index is -3.69. The Bertz CT molecular complexity index is 2390. The van der Waals surface area contributed by atoms with Crippen molar-refractivity contribution < 1.29 is 27.4 Å². The van der Waals surface area contributed by atoms with Crippen LogP contribution in [0.25, 0.3) is 23.0 Å². The van der Waals surface area contributed by atoms with E-state index in [1.165, 1.54) is 27.3 Å². The summed E-state index contributed by atoms with van der Waals surface area (Å²) in [5.74, 6) is 0.0583. The fraction of sp³-hybridized carbons (Fsp3) is 0.222. The van der Waals surface area contributed by atoms with Gasteiger partial charge in [0.2, 0.25) is 10.0 Å². The molecule has 0 N–H and O–H groups in total. The van der Waals surface area contributed by atoms with Gasteiger partial charge in [-0.15, -0.1) is 0 Å². The fourth-order valence-corrected chi connectivity index (χ4v) is 8.53. The number of fused-ring (bicyclic) bond motifs is 1. The average molecular weight is 712 g/mol. The lowest BCUT2D eigenvalue weighted by Gasteiger charge is -2.26. The molecule has 256 valence electrons. The first-order valence-corrected chi connectivity index (χ1v) is 18.0. The number of methoxy groups -OCH3 is 2. The number of hydrogen-bond donors (Lipinski definition) is 0. The number of thiazole rings is 1. The average Bonchev–Trinajstić information content (AvgIpc) is 3.71. The van der Waals surface area contributed by atoms with Gasteiger partial charge < -0.3 is 14.2 Å². The normalized spacial score (nSPS) is 16.9. The molecule has 0 saturated carbocycles. The van der Waals surface area contributed by atoms with Crippen LogP contribution >= 0.6 is 11.3 Å². The van der Waals surface area contributed by atoms with E-state index >= 15 is 0 Å². The summed E-state index contributed by atoms with van der Waals surface area (Å²) in [5.41, 5.74) is 3.72. The summed E-state index contributed by atoms with van der Waals surface area (Å²) in [5, 5.41) is 4.88. The van der Waals surface area contributed by atoms with Gasteiger partial charge in [-0.1, -0.05) is 53.8 Å². The van der Waals surface area contributed by atoms with Crippen molar-refractivity contribution >= 4 is 33.4 Å². The Labute approximate surface area is 291 Å². The number of benzene rings is 3. The van der Waals surface area contributed by atoms with Crippen LogP contribution < -0.4 is 19.6 Å². The number of esters is 1. The third-order valence-electron chi connectivity index (χ3n) is 8.64. The molecule has 2 aromatic heterocycles. The highest BCUT2D eigenvalue weighted by atomic mass is 32.2. The quantitative estimate of drug-likeness (QED) is 0.224. The number of allylic oxidation sites excluding steroid dienone is 1. The molecule has 1 saturated heterocycles. The number of carbonyl (C=O) groups is 1. The number of aromatic nitrogens is 3. The molecule has 1 fully saturated rings. The van der Waals surface area contributed by atoms with Crippen LogP contribution in [-0.2, 0) is 24.3 Å².